The Morgan fingerprint density at radius 2 is 1.90 bits per heavy atom. The van der Waals surface area contributed by atoms with Crippen molar-refractivity contribution in [3.05, 3.63) is 11.3 Å². The minimum atomic E-state index is -1.51. The fourth-order valence-electron chi connectivity index (χ4n) is 4.56. The molecule has 2 aliphatic carbocycles. The quantitative estimate of drug-likeness (QED) is 0.625. The summed E-state index contributed by atoms with van der Waals surface area (Å²) in [6, 6.07) is 0. The monoisotopic (exact) mass is 292 g/mol. The molecular weight excluding hydrogens is 260 g/mol. The van der Waals surface area contributed by atoms with Gasteiger partial charge in [0, 0.05) is 5.41 Å². The van der Waals surface area contributed by atoms with Crippen molar-refractivity contribution in [1.82, 2.24) is 0 Å². The van der Waals surface area contributed by atoms with Gasteiger partial charge in [-0.2, -0.15) is 0 Å². The third-order valence-corrected chi connectivity index (χ3v) is 12.7. The molecule has 0 amide bonds. The van der Waals surface area contributed by atoms with Crippen molar-refractivity contribution in [2.45, 2.75) is 78.4 Å². The smallest absolute Gasteiger partial charge is 0.137 e. The summed E-state index contributed by atoms with van der Waals surface area (Å²) in [4.78, 5) is 12.5. The third kappa shape index (κ3) is 2.06. The molecule has 2 heteroatoms. The molecule has 20 heavy (non-hydrogen) atoms. The Balaban J connectivity index is 2.47. The molecule has 1 saturated carbocycles. The number of hydrogen-bond acceptors (Lipinski definition) is 1. The van der Waals surface area contributed by atoms with Crippen LogP contribution >= 0.6 is 0 Å². The average Bonchev–Trinajstić information content (AvgIpc) is 2.63. The zero-order valence-electron chi connectivity index (χ0n) is 14.5. The standard InChI is InChI=1S/C18H32OSi/c1-13-16(20(6,7)17(3,4)5)12-15-10-8-9-11-18(13,15)14(2)19/h12-13,15H,8-11H2,1-7H3/t13-,15-,18+/m0/s1. The first-order chi connectivity index (χ1) is 9.05. The summed E-state index contributed by atoms with van der Waals surface area (Å²) < 4.78 is 0. The van der Waals surface area contributed by atoms with Gasteiger partial charge in [0.15, 0.2) is 0 Å². The zero-order chi connectivity index (χ0) is 15.3. The van der Waals surface area contributed by atoms with Gasteiger partial charge in [0.2, 0.25) is 0 Å². The molecule has 0 heterocycles. The molecule has 0 saturated heterocycles. The van der Waals surface area contributed by atoms with Crippen molar-refractivity contribution in [1.29, 1.82) is 0 Å². The maximum Gasteiger partial charge on any atom is 0.137 e. The van der Waals surface area contributed by atoms with Crippen LogP contribution in [0.1, 0.15) is 60.3 Å². The summed E-state index contributed by atoms with van der Waals surface area (Å²) in [5.74, 6) is 1.43. The molecule has 114 valence electrons. The normalized spacial score (nSPS) is 34.6. The molecule has 0 aromatic rings. The average molecular weight is 293 g/mol. The molecule has 3 atom stereocenters. The second-order valence-electron chi connectivity index (χ2n) is 8.67. The van der Waals surface area contributed by atoms with E-state index in [-0.39, 0.29) is 5.41 Å². The van der Waals surface area contributed by atoms with Crippen molar-refractivity contribution < 1.29 is 4.79 Å². The molecule has 0 spiro atoms. The van der Waals surface area contributed by atoms with Gasteiger partial charge in [0.1, 0.15) is 5.78 Å². The number of Topliss-reactive ketones (excluding diaryl/α,β-unsaturated/α-hetero) is 1. The lowest BCUT2D eigenvalue weighted by Gasteiger charge is -2.45. The van der Waals surface area contributed by atoms with Gasteiger partial charge in [-0.05, 0) is 36.6 Å². The van der Waals surface area contributed by atoms with Crippen LogP contribution in [0.4, 0.5) is 0 Å². The highest BCUT2D eigenvalue weighted by atomic mass is 28.3. The molecular formula is C18H32OSi. The van der Waals surface area contributed by atoms with Crippen molar-refractivity contribution in [3.8, 4) is 0 Å². The van der Waals surface area contributed by atoms with Gasteiger partial charge in [-0.1, -0.05) is 64.9 Å². The van der Waals surface area contributed by atoms with E-state index < -0.39 is 8.07 Å². The number of carbonyl (C=O) groups is 1. The molecule has 0 N–H and O–H groups in total. The summed E-state index contributed by atoms with van der Waals surface area (Å²) in [5.41, 5.74) is -0.0525. The molecule has 1 fully saturated rings. The molecule has 0 unspecified atom stereocenters. The first-order valence-corrected chi connectivity index (χ1v) is 11.3. The van der Waals surface area contributed by atoms with Crippen LogP contribution in [0.3, 0.4) is 0 Å². The van der Waals surface area contributed by atoms with Crippen LogP contribution in [0.2, 0.25) is 18.1 Å². The molecule has 0 bridgehead atoms. The van der Waals surface area contributed by atoms with E-state index in [9.17, 15) is 4.79 Å². The van der Waals surface area contributed by atoms with Gasteiger partial charge >= 0.3 is 0 Å². The molecule has 2 aliphatic rings. The molecule has 2 rings (SSSR count). The van der Waals surface area contributed by atoms with Gasteiger partial charge in [-0.15, -0.1) is 0 Å². The van der Waals surface area contributed by atoms with Crippen LogP contribution in [0.15, 0.2) is 11.3 Å². The molecule has 0 aromatic carbocycles. The number of rotatable bonds is 2. The predicted octanol–water partition coefficient (Wildman–Crippen LogP) is 5.38. The predicted molar refractivity (Wildman–Crippen MR) is 89.5 cm³/mol. The van der Waals surface area contributed by atoms with E-state index in [4.69, 9.17) is 0 Å². The van der Waals surface area contributed by atoms with E-state index in [1.54, 1.807) is 5.20 Å². The lowest BCUT2D eigenvalue weighted by Crippen LogP contribution is -2.46. The van der Waals surface area contributed by atoms with E-state index >= 15 is 0 Å². The number of allylic oxidation sites excluding steroid dienone is 2. The van der Waals surface area contributed by atoms with Gasteiger partial charge in [-0.3, -0.25) is 4.79 Å². The fraction of sp³-hybridized carbons (Fsp3) is 0.833. The molecule has 0 aromatic heterocycles. The van der Waals surface area contributed by atoms with Crippen LogP contribution < -0.4 is 0 Å². The Labute approximate surface area is 126 Å². The van der Waals surface area contributed by atoms with E-state index in [0.717, 1.165) is 6.42 Å². The SMILES string of the molecule is CC(=O)[C@]12CCCC[C@H]1C=C([Si](C)(C)C(C)(C)C)[C@@H]2C. The lowest BCUT2D eigenvalue weighted by molar-refractivity contribution is -0.132. The Kier molecular flexibility index (Phi) is 3.86. The highest BCUT2D eigenvalue weighted by Gasteiger charge is 2.56. The van der Waals surface area contributed by atoms with E-state index in [0.29, 0.717) is 22.7 Å². The second-order valence-corrected chi connectivity index (χ2v) is 14.0. The van der Waals surface area contributed by atoms with Gasteiger partial charge in [0.05, 0.1) is 8.07 Å². The van der Waals surface area contributed by atoms with Crippen molar-refractivity contribution in [2.24, 2.45) is 17.3 Å². The highest BCUT2D eigenvalue weighted by molar-refractivity contribution is 6.87. The van der Waals surface area contributed by atoms with Crippen LogP contribution in [0, 0.1) is 17.3 Å². The Morgan fingerprint density at radius 1 is 1.30 bits per heavy atom. The number of fused-ring (bicyclic) bond motifs is 1. The van der Waals surface area contributed by atoms with E-state index in [1.165, 1.54) is 19.3 Å². The van der Waals surface area contributed by atoms with Crippen molar-refractivity contribution >= 4 is 13.9 Å². The fourth-order valence-corrected chi connectivity index (χ4v) is 7.38. The first kappa shape index (κ1) is 16.0. The topological polar surface area (TPSA) is 17.1 Å². The number of carbonyl (C=O) groups excluding carboxylic acids is 1. The Bertz CT molecular complexity index is 441. The number of ketones is 1. The summed E-state index contributed by atoms with van der Waals surface area (Å²) >= 11 is 0. The summed E-state index contributed by atoms with van der Waals surface area (Å²) in [6.45, 7) is 16.3. The van der Waals surface area contributed by atoms with Crippen LogP contribution in [-0.2, 0) is 4.79 Å². The summed E-state index contributed by atoms with van der Waals surface area (Å²) in [5, 5.41) is 2.03. The van der Waals surface area contributed by atoms with Gasteiger partial charge < -0.3 is 0 Å². The van der Waals surface area contributed by atoms with Crippen LogP contribution in [-0.4, -0.2) is 13.9 Å². The second kappa shape index (κ2) is 4.83. The van der Waals surface area contributed by atoms with Gasteiger partial charge in [-0.25, -0.2) is 0 Å². The largest absolute Gasteiger partial charge is 0.299 e. The van der Waals surface area contributed by atoms with E-state index in [2.05, 4.69) is 46.9 Å². The number of hydrogen-bond donors (Lipinski definition) is 0. The lowest BCUT2D eigenvalue weighted by atomic mass is 9.62. The first-order valence-electron chi connectivity index (χ1n) is 8.28. The van der Waals surface area contributed by atoms with Crippen LogP contribution in [0.25, 0.3) is 0 Å². The summed E-state index contributed by atoms with van der Waals surface area (Å²) in [6.07, 6.45) is 7.43. The zero-order valence-corrected chi connectivity index (χ0v) is 15.5. The minimum absolute atomic E-state index is 0.0525. The van der Waals surface area contributed by atoms with Gasteiger partial charge in [0.25, 0.3) is 0 Å². The maximum atomic E-state index is 12.5. The van der Waals surface area contributed by atoms with Crippen molar-refractivity contribution in [3.63, 3.8) is 0 Å². The van der Waals surface area contributed by atoms with Crippen molar-refractivity contribution in [2.75, 3.05) is 0 Å². The Hall–Kier alpha value is -0.373. The third-order valence-electron chi connectivity index (χ3n) is 6.89. The Morgan fingerprint density at radius 3 is 2.35 bits per heavy atom. The maximum absolute atomic E-state index is 12.5. The molecule has 0 radical (unpaired) electrons. The summed E-state index contributed by atoms with van der Waals surface area (Å²) in [7, 11) is -1.51. The van der Waals surface area contributed by atoms with E-state index in [1.807, 2.05) is 6.92 Å². The minimum Gasteiger partial charge on any atom is -0.299 e. The molecule has 0 aliphatic heterocycles. The molecule has 1 nitrogen and oxygen atoms in total. The highest BCUT2D eigenvalue weighted by Crippen LogP contribution is 2.59. The van der Waals surface area contributed by atoms with Crippen LogP contribution in [0.5, 0.6) is 0 Å².